The Balaban J connectivity index is 2.77. The molecular formula is C13H21N3O2. The van der Waals surface area contributed by atoms with E-state index in [1.54, 1.807) is 19.2 Å². The number of nitrogens with one attached hydrogen (secondary N) is 2. The second kappa shape index (κ2) is 6.98. The first-order valence-electron chi connectivity index (χ1n) is 5.99. The Labute approximate surface area is 108 Å². The van der Waals surface area contributed by atoms with Gasteiger partial charge in [0.1, 0.15) is 0 Å². The summed E-state index contributed by atoms with van der Waals surface area (Å²) in [7, 11) is 1.63. The zero-order valence-electron chi connectivity index (χ0n) is 11.1. The van der Waals surface area contributed by atoms with Crippen molar-refractivity contribution >= 4 is 11.6 Å². The van der Waals surface area contributed by atoms with E-state index in [0.717, 1.165) is 17.7 Å². The van der Waals surface area contributed by atoms with Crippen LogP contribution in [0.4, 0.5) is 5.69 Å². The highest BCUT2D eigenvalue weighted by Gasteiger charge is 2.13. The summed E-state index contributed by atoms with van der Waals surface area (Å²) in [5.74, 6) is 5.24. The molecule has 1 atom stereocenters. The van der Waals surface area contributed by atoms with Gasteiger partial charge in [0, 0.05) is 18.4 Å². The standard InChI is InChI=1S/C13H21N3O2/c1-4-10(8-18-3)15-13(17)12-6-5-11(16-14)7-9(12)2/h5-7,10,16H,4,8,14H2,1-3H3,(H,15,17). The fraction of sp³-hybridized carbons (Fsp3) is 0.462. The van der Waals surface area contributed by atoms with Gasteiger partial charge in [0.2, 0.25) is 0 Å². The summed E-state index contributed by atoms with van der Waals surface area (Å²) >= 11 is 0. The van der Waals surface area contributed by atoms with Crippen LogP contribution in [0.3, 0.4) is 0 Å². The van der Waals surface area contributed by atoms with Crippen molar-refractivity contribution in [3.8, 4) is 0 Å². The maximum absolute atomic E-state index is 12.1. The quantitative estimate of drug-likeness (QED) is 0.528. The molecule has 0 aromatic heterocycles. The number of carbonyl (C=O) groups is 1. The van der Waals surface area contributed by atoms with Crippen molar-refractivity contribution < 1.29 is 9.53 Å². The molecule has 18 heavy (non-hydrogen) atoms. The number of rotatable bonds is 6. The number of aryl methyl sites for hydroxylation is 1. The number of benzene rings is 1. The topological polar surface area (TPSA) is 76.4 Å². The maximum atomic E-state index is 12.1. The van der Waals surface area contributed by atoms with Crippen LogP contribution in [0.5, 0.6) is 0 Å². The summed E-state index contributed by atoms with van der Waals surface area (Å²) in [6.07, 6.45) is 0.834. The van der Waals surface area contributed by atoms with Crippen molar-refractivity contribution in [2.45, 2.75) is 26.3 Å². The molecule has 5 nitrogen and oxygen atoms in total. The number of hydrazine groups is 1. The lowest BCUT2D eigenvalue weighted by molar-refractivity contribution is 0.0894. The van der Waals surface area contributed by atoms with E-state index in [0.29, 0.717) is 12.2 Å². The Morgan fingerprint density at radius 1 is 1.50 bits per heavy atom. The minimum atomic E-state index is -0.0834. The number of amides is 1. The number of anilines is 1. The van der Waals surface area contributed by atoms with Crippen LogP contribution in [0, 0.1) is 6.92 Å². The van der Waals surface area contributed by atoms with Gasteiger partial charge < -0.3 is 15.5 Å². The van der Waals surface area contributed by atoms with Crippen molar-refractivity contribution in [1.29, 1.82) is 0 Å². The Morgan fingerprint density at radius 2 is 2.22 bits per heavy atom. The first kappa shape index (κ1) is 14.5. The summed E-state index contributed by atoms with van der Waals surface area (Å²) in [6.45, 7) is 4.41. The van der Waals surface area contributed by atoms with Crippen molar-refractivity contribution in [2.75, 3.05) is 19.1 Å². The number of carbonyl (C=O) groups excluding carboxylic acids is 1. The summed E-state index contributed by atoms with van der Waals surface area (Å²) in [4.78, 5) is 12.1. The molecule has 0 bridgehead atoms. The molecule has 1 amide bonds. The summed E-state index contributed by atoms with van der Waals surface area (Å²) < 4.78 is 5.06. The van der Waals surface area contributed by atoms with Crippen LogP contribution >= 0.6 is 0 Å². The lowest BCUT2D eigenvalue weighted by Crippen LogP contribution is -2.37. The molecule has 0 fully saturated rings. The average molecular weight is 251 g/mol. The third-order valence-electron chi connectivity index (χ3n) is 2.83. The molecule has 1 rings (SSSR count). The first-order chi connectivity index (χ1) is 8.62. The van der Waals surface area contributed by atoms with Crippen LogP contribution in [0.15, 0.2) is 18.2 Å². The van der Waals surface area contributed by atoms with E-state index < -0.39 is 0 Å². The molecule has 0 spiro atoms. The Bertz CT molecular complexity index is 407. The highest BCUT2D eigenvalue weighted by Crippen LogP contribution is 2.14. The molecule has 1 aromatic rings. The van der Waals surface area contributed by atoms with E-state index in [4.69, 9.17) is 10.6 Å². The number of ether oxygens (including phenoxy) is 1. The van der Waals surface area contributed by atoms with E-state index in [-0.39, 0.29) is 11.9 Å². The molecule has 0 aliphatic carbocycles. The molecule has 1 aromatic carbocycles. The zero-order chi connectivity index (χ0) is 13.5. The van der Waals surface area contributed by atoms with E-state index in [1.165, 1.54) is 0 Å². The molecule has 0 aliphatic rings. The monoisotopic (exact) mass is 251 g/mol. The highest BCUT2D eigenvalue weighted by molar-refractivity contribution is 5.96. The van der Waals surface area contributed by atoms with E-state index >= 15 is 0 Å². The van der Waals surface area contributed by atoms with Gasteiger partial charge in [-0.1, -0.05) is 6.92 Å². The maximum Gasteiger partial charge on any atom is 0.251 e. The van der Waals surface area contributed by atoms with Crippen molar-refractivity contribution in [3.63, 3.8) is 0 Å². The largest absolute Gasteiger partial charge is 0.383 e. The molecule has 100 valence electrons. The van der Waals surface area contributed by atoms with Gasteiger partial charge >= 0.3 is 0 Å². The van der Waals surface area contributed by atoms with Gasteiger partial charge in [-0.25, -0.2) is 0 Å². The Morgan fingerprint density at radius 3 is 2.72 bits per heavy atom. The zero-order valence-corrected chi connectivity index (χ0v) is 11.1. The lowest BCUT2D eigenvalue weighted by atomic mass is 10.1. The smallest absolute Gasteiger partial charge is 0.251 e. The van der Waals surface area contributed by atoms with E-state index in [1.807, 2.05) is 19.9 Å². The number of hydrogen-bond donors (Lipinski definition) is 3. The highest BCUT2D eigenvalue weighted by atomic mass is 16.5. The molecule has 0 saturated carbocycles. The van der Waals surface area contributed by atoms with E-state index in [2.05, 4.69) is 10.7 Å². The summed E-state index contributed by atoms with van der Waals surface area (Å²) in [5, 5.41) is 2.95. The van der Waals surface area contributed by atoms with Gasteiger partial charge in [-0.05, 0) is 37.1 Å². The van der Waals surface area contributed by atoms with Gasteiger partial charge in [-0.15, -0.1) is 0 Å². The number of hydrogen-bond acceptors (Lipinski definition) is 4. The first-order valence-corrected chi connectivity index (χ1v) is 5.99. The Kier molecular flexibility index (Phi) is 5.61. The average Bonchev–Trinajstić information content (AvgIpc) is 2.37. The molecule has 0 saturated heterocycles. The summed E-state index contributed by atoms with van der Waals surface area (Å²) in [6, 6.07) is 5.42. The number of nitrogens with two attached hydrogens (primary N) is 1. The van der Waals surface area contributed by atoms with Crippen LogP contribution in [0.2, 0.25) is 0 Å². The third kappa shape index (κ3) is 3.72. The predicted molar refractivity (Wildman–Crippen MR) is 72.4 cm³/mol. The fourth-order valence-corrected chi connectivity index (χ4v) is 1.73. The second-order valence-electron chi connectivity index (χ2n) is 4.21. The van der Waals surface area contributed by atoms with Gasteiger partial charge in [0.25, 0.3) is 5.91 Å². The van der Waals surface area contributed by atoms with Crippen molar-refractivity contribution in [2.24, 2.45) is 5.84 Å². The molecule has 0 aliphatic heterocycles. The predicted octanol–water partition coefficient (Wildman–Crippen LogP) is 1.44. The van der Waals surface area contributed by atoms with Gasteiger partial charge in [-0.3, -0.25) is 10.6 Å². The van der Waals surface area contributed by atoms with Crippen molar-refractivity contribution in [1.82, 2.24) is 5.32 Å². The van der Waals surface area contributed by atoms with Crippen LogP contribution in [0.25, 0.3) is 0 Å². The molecular weight excluding hydrogens is 230 g/mol. The normalized spacial score (nSPS) is 12.0. The molecule has 1 unspecified atom stereocenters. The van der Waals surface area contributed by atoms with Gasteiger partial charge in [0.05, 0.1) is 12.6 Å². The molecule has 4 N–H and O–H groups in total. The molecule has 0 radical (unpaired) electrons. The van der Waals surface area contributed by atoms with Crippen LogP contribution < -0.4 is 16.6 Å². The number of methoxy groups -OCH3 is 1. The third-order valence-corrected chi connectivity index (χ3v) is 2.83. The second-order valence-corrected chi connectivity index (χ2v) is 4.21. The van der Waals surface area contributed by atoms with E-state index in [9.17, 15) is 4.79 Å². The lowest BCUT2D eigenvalue weighted by Gasteiger charge is -2.17. The van der Waals surface area contributed by atoms with Crippen LogP contribution in [-0.2, 0) is 4.74 Å². The summed E-state index contributed by atoms with van der Waals surface area (Å²) in [5.41, 5.74) is 4.88. The van der Waals surface area contributed by atoms with Crippen LogP contribution in [0.1, 0.15) is 29.3 Å². The molecule has 5 heteroatoms. The fourth-order valence-electron chi connectivity index (χ4n) is 1.73. The number of nitrogen functional groups attached to an aromatic ring is 1. The van der Waals surface area contributed by atoms with Crippen molar-refractivity contribution in [3.05, 3.63) is 29.3 Å². The SMILES string of the molecule is CCC(COC)NC(=O)c1ccc(NN)cc1C. The van der Waals surface area contributed by atoms with Gasteiger partial charge in [0.15, 0.2) is 0 Å². The van der Waals surface area contributed by atoms with Gasteiger partial charge in [-0.2, -0.15) is 0 Å². The minimum absolute atomic E-state index is 0.0363. The Hall–Kier alpha value is -1.59. The minimum Gasteiger partial charge on any atom is -0.383 e. The van der Waals surface area contributed by atoms with Crippen LogP contribution in [-0.4, -0.2) is 25.7 Å². The molecule has 0 heterocycles.